The van der Waals surface area contributed by atoms with Gasteiger partial charge >= 0.3 is 0 Å². The Kier molecular flexibility index (Phi) is 4.99. The molecule has 142 valence electrons. The molecule has 0 spiro atoms. The summed E-state index contributed by atoms with van der Waals surface area (Å²) < 4.78 is 10.8. The Balaban J connectivity index is 1.30. The van der Waals surface area contributed by atoms with E-state index in [1.165, 1.54) is 5.56 Å². The van der Waals surface area contributed by atoms with Gasteiger partial charge in [-0.1, -0.05) is 6.07 Å². The standard InChI is InChI=1S/C21H25N3O3/c1-15-9-18(10-16(2)22-15)12-21(25)24-7-5-23(6-8-24)13-17-3-4-19-20(11-17)27-14-26-19/h3-4,9-11H,5-8,12-14H2,1-2H3. The van der Waals surface area contributed by atoms with E-state index in [1.54, 1.807) is 0 Å². The van der Waals surface area contributed by atoms with Gasteiger partial charge in [-0.25, -0.2) is 0 Å². The lowest BCUT2D eigenvalue weighted by Crippen LogP contribution is -2.48. The van der Waals surface area contributed by atoms with E-state index in [0.717, 1.165) is 61.2 Å². The molecule has 0 N–H and O–H groups in total. The molecule has 4 rings (SSSR count). The quantitative estimate of drug-likeness (QED) is 0.830. The van der Waals surface area contributed by atoms with E-state index in [2.05, 4.69) is 16.0 Å². The van der Waals surface area contributed by atoms with Crippen molar-refractivity contribution in [3.8, 4) is 11.5 Å². The number of nitrogens with zero attached hydrogens (tertiary/aromatic N) is 3. The van der Waals surface area contributed by atoms with Gasteiger partial charge in [0.05, 0.1) is 6.42 Å². The maximum Gasteiger partial charge on any atom is 0.231 e. The van der Waals surface area contributed by atoms with Gasteiger partial charge in [-0.15, -0.1) is 0 Å². The highest BCUT2D eigenvalue weighted by atomic mass is 16.7. The van der Waals surface area contributed by atoms with Crippen LogP contribution in [0.4, 0.5) is 0 Å². The van der Waals surface area contributed by atoms with Crippen LogP contribution in [0.25, 0.3) is 0 Å². The van der Waals surface area contributed by atoms with Crippen molar-refractivity contribution in [2.45, 2.75) is 26.8 Å². The smallest absolute Gasteiger partial charge is 0.231 e. The number of aryl methyl sites for hydroxylation is 2. The molecular formula is C21H25N3O3. The van der Waals surface area contributed by atoms with Crippen molar-refractivity contribution in [3.05, 3.63) is 52.8 Å². The molecule has 6 nitrogen and oxygen atoms in total. The van der Waals surface area contributed by atoms with Crippen molar-refractivity contribution in [1.29, 1.82) is 0 Å². The fourth-order valence-corrected chi connectivity index (χ4v) is 3.76. The monoisotopic (exact) mass is 367 g/mol. The summed E-state index contributed by atoms with van der Waals surface area (Å²) in [6.45, 7) is 8.41. The molecule has 1 aromatic carbocycles. The van der Waals surface area contributed by atoms with Gasteiger partial charge < -0.3 is 14.4 Å². The normalized spacial score (nSPS) is 16.6. The average molecular weight is 367 g/mol. The second-order valence-corrected chi connectivity index (χ2v) is 7.28. The van der Waals surface area contributed by atoms with Gasteiger partial charge in [0.25, 0.3) is 0 Å². The number of amides is 1. The highest BCUT2D eigenvalue weighted by Crippen LogP contribution is 2.32. The van der Waals surface area contributed by atoms with Crippen molar-refractivity contribution in [2.75, 3.05) is 33.0 Å². The van der Waals surface area contributed by atoms with Crippen molar-refractivity contribution >= 4 is 5.91 Å². The van der Waals surface area contributed by atoms with Crippen molar-refractivity contribution in [3.63, 3.8) is 0 Å². The van der Waals surface area contributed by atoms with Gasteiger partial charge in [-0.05, 0) is 49.2 Å². The molecule has 0 aliphatic carbocycles. The Labute approximate surface area is 159 Å². The predicted octanol–water partition coefficient (Wildman–Crippen LogP) is 2.31. The molecule has 2 aliphatic heterocycles. The van der Waals surface area contributed by atoms with E-state index in [-0.39, 0.29) is 5.91 Å². The molecule has 1 saturated heterocycles. The summed E-state index contributed by atoms with van der Waals surface area (Å²) in [6.07, 6.45) is 0.451. The Morgan fingerprint density at radius 2 is 1.67 bits per heavy atom. The van der Waals surface area contributed by atoms with Crippen LogP contribution in [0.3, 0.4) is 0 Å². The number of carbonyl (C=O) groups is 1. The minimum Gasteiger partial charge on any atom is -0.454 e. The molecule has 2 aliphatic rings. The van der Waals surface area contributed by atoms with Crippen molar-refractivity contribution in [1.82, 2.24) is 14.8 Å². The van der Waals surface area contributed by atoms with Gasteiger partial charge in [0.15, 0.2) is 11.5 Å². The third kappa shape index (κ3) is 4.22. The number of fused-ring (bicyclic) bond motifs is 1. The lowest BCUT2D eigenvalue weighted by atomic mass is 10.1. The lowest BCUT2D eigenvalue weighted by molar-refractivity contribution is -0.132. The van der Waals surface area contributed by atoms with Gasteiger partial charge in [-0.2, -0.15) is 0 Å². The van der Waals surface area contributed by atoms with Crippen LogP contribution in [-0.4, -0.2) is 53.7 Å². The lowest BCUT2D eigenvalue weighted by Gasteiger charge is -2.35. The average Bonchev–Trinajstić information content (AvgIpc) is 3.09. The number of aromatic nitrogens is 1. The third-order valence-electron chi connectivity index (χ3n) is 5.06. The zero-order valence-corrected chi connectivity index (χ0v) is 15.9. The second-order valence-electron chi connectivity index (χ2n) is 7.28. The Bertz CT molecular complexity index is 824. The number of ether oxygens (including phenoxy) is 2. The fourth-order valence-electron chi connectivity index (χ4n) is 3.76. The molecule has 0 bridgehead atoms. The van der Waals surface area contributed by atoms with Crippen LogP contribution >= 0.6 is 0 Å². The van der Waals surface area contributed by atoms with E-state index in [4.69, 9.17) is 9.47 Å². The summed E-state index contributed by atoms with van der Waals surface area (Å²) in [7, 11) is 0. The summed E-state index contributed by atoms with van der Waals surface area (Å²) in [6, 6.07) is 10.1. The van der Waals surface area contributed by atoms with Crippen LogP contribution in [0.1, 0.15) is 22.5 Å². The summed E-state index contributed by atoms with van der Waals surface area (Å²) in [5.74, 6) is 1.84. The van der Waals surface area contributed by atoms with E-state index < -0.39 is 0 Å². The molecular weight excluding hydrogens is 342 g/mol. The molecule has 0 unspecified atom stereocenters. The number of hydrogen-bond donors (Lipinski definition) is 0. The first-order valence-corrected chi connectivity index (χ1v) is 9.40. The highest BCUT2D eigenvalue weighted by Gasteiger charge is 2.22. The zero-order chi connectivity index (χ0) is 18.8. The van der Waals surface area contributed by atoms with Gasteiger partial charge in [-0.3, -0.25) is 14.7 Å². The summed E-state index contributed by atoms with van der Waals surface area (Å²) in [5.41, 5.74) is 4.19. The first kappa shape index (κ1) is 17.8. The number of benzene rings is 1. The molecule has 0 radical (unpaired) electrons. The Morgan fingerprint density at radius 3 is 2.41 bits per heavy atom. The van der Waals surface area contributed by atoms with Crippen LogP contribution in [0.2, 0.25) is 0 Å². The number of pyridine rings is 1. The van der Waals surface area contributed by atoms with Gasteiger partial charge in [0.2, 0.25) is 12.7 Å². The van der Waals surface area contributed by atoms with E-state index in [9.17, 15) is 4.79 Å². The molecule has 2 aromatic rings. The van der Waals surface area contributed by atoms with Crippen LogP contribution < -0.4 is 9.47 Å². The van der Waals surface area contributed by atoms with E-state index in [0.29, 0.717) is 13.2 Å². The fraction of sp³-hybridized carbons (Fsp3) is 0.429. The van der Waals surface area contributed by atoms with E-state index in [1.807, 2.05) is 43.0 Å². The number of carbonyl (C=O) groups excluding carboxylic acids is 1. The molecule has 1 aromatic heterocycles. The van der Waals surface area contributed by atoms with E-state index >= 15 is 0 Å². The number of piperazine rings is 1. The maximum absolute atomic E-state index is 12.6. The molecule has 27 heavy (non-hydrogen) atoms. The maximum atomic E-state index is 12.6. The van der Waals surface area contributed by atoms with Gasteiger partial charge in [0.1, 0.15) is 0 Å². The highest BCUT2D eigenvalue weighted by molar-refractivity contribution is 5.79. The first-order chi connectivity index (χ1) is 13.1. The summed E-state index contributed by atoms with van der Waals surface area (Å²) in [4.78, 5) is 21.4. The Morgan fingerprint density at radius 1 is 0.963 bits per heavy atom. The zero-order valence-electron chi connectivity index (χ0n) is 15.9. The molecule has 0 saturated carbocycles. The first-order valence-electron chi connectivity index (χ1n) is 9.40. The van der Waals surface area contributed by atoms with Crippen LogP contribution in [-0.2, 0) is 17.8 Å². The van der Waals surface area contributed by atoms with Crippen molar-refractivity contribution < 1.29 is 14.3 Å². The summed E-state index contributed by atoms with van der Waals surface area (Å²) >= 11 is 0. The van der Waals surface area contributed by atoms with Crippen LogP contribution in [0, 0.1) is 13.8 Å². The molecule has 0 atom stereocenters. The third-order valence-corrected chi connectivity index (χ3v) is 5.06. The molecule has 1 fully saturated rings. The van der Waals surface area contributed by atoms with Crippen LogP contribution in [0.15, 0.2) is 30.3 Å². The minimum absolute atomic E-state index is 0.197. The topological polar surface area (TPSA) is 54.9 Å². The molecule has 3 heterocycles. The number of rotatable bonds is 4. The van der Waals surface area contributed by atoms with Crippen LogP contribution in [0.5, 0.6) is 11.5 Å². The minimum atomic E-state index is 0.197. The predicted molar refractivity (Wildman–Crippen MR) is 102 cm³/mol. The summed E-state index contributed by atoms with van der Waals surface area (Å²) in [5, 5.41) is 0. The largest absolute Gasteiger partial charge is 0.454 e. The Hall–Kier alpha value is -2.60. The molecule has 6 heteroatoms. The number of hydrogen-bond acceptors (Lipinski definition) is 5. The SMILES string of the molecule is Cc1cc(CC(=O)N2CCN(Cc3ccc4c(c3)OCO4)CC2)cc(C)n1. The van der Waals surface area contributed by atoms with Gasteiger partial charge in [0, 0.05) is 44.1 Å². The second kappa shape index (κ2) is 7.56. The molecule has 1 amide bonds. The van der Waals surface area contributed by atoms with Crippen molar-refractivity contribution in [2.24, 2.45) is 0 Å².